The maximum Gasteiger partial charge on any atom is 0.321 e. The first-order valence-electron chi connectivity index (χ1n) is 3.81. The summed E-state index contributed by atoms with van der Waals surface area (Å²) in [5.74, 6) is 1.50. The molecule has 0 radical (unpaired) electrons. The number of carboxylic acids is 1. The summed E-state index contributed by atoms with van der Waals surface area (Å²) in [5, 5.41) is 11.3. The second-order valence-corrected chi connectivity index (χ2v) is 2.46. The summed E-state index contributed by atoms with van der Waals surface area (Å²) in [7, 11) is 0. The molecule has 68 valence electrons. The normalized spacial score (nSPS) is 12.0. The van der Waals surface area contributed by atoms with Crippen LogP contribution in [0.25, 0.3) is 0 Å². The van der Waals surface area contributed by atoms with Crippen LogP contribution < -0.4 is 11.1 Å². The van der Waals surface area contributed by atoms with E-state index in [4.69, 9.17) is 17.3 Å². The van der Waals surface area contributed by atoms with Gasteiger partial charge in [0.2, 0.25) is 0 Å². The number of hydrogen-bond donors (Lipinski definition) is 3. The van der Waals surface area contributed by atoms with Crippen molar-refractivity contribution in [2.45, 2.75) is 18.9 Å². The molecule has 0 aliphatic carbocycles. The van der Waals surface area contributed by atoms with Gasteiger partial charge in [-0.3, -0.25) is 4.79 Å². The van der Waals surface area contributed by atoms with Gasteiger partial charge in [-0.05, 0) is 13.0 Å². The third-order valence-electron chi connectivity index (χ3n) is 1.36. The second-order valence-electron chi connectivity index (χ2n) is 2.46. The van der Waals surface area contributed by atoms with E-state index in [0.29, 0.717) is 19.5 Å². The van der Waals surface area contributed by atoms with Crippen molar-refractivity contribution in [2.75, 3.05) is 13.1 Å². The molecule has 0 bridgehead atoms. The first kappa shape index (κ1) is 11.0. The van der Waals surface area contributed by atoms with E-state index in [1.807, 2.05) is 0 Å². The van der Waals surface area contributed by atoms with Crippen molar-refractivity contribution in [2.24, 2.45) is 5.73 Å². The molecule has 0 saturated heterocycles. The van der Waals surface area contributed by atoms with Gasteiger partial charge < -0.3 is 16.2 Å². The summed E-state index contributed by atoms with van der Waals surface area (Å²) in [6.45, 7) is 1.01. The van der Waals surface area contributed by atoms with E-state index >= 15 is 0 Å². The number of aliphatic carboxylic acids is 1. The molecule has 0 aliphatic rings. The fourth-order valence-corrected chi connectivity index (χ4v) is 0.660. The minimum absolute atomic E-state index is 0.292. The molecular weight excluding hydrogens is 156 g/mol. The van der Waals surface area contributed by atoms with Gasteiger partial charge in [0.05, 0.1) is 0 Å². The number of carboxylic acid groups (broad SMARTS) is 1. The van der Waals surface area contributed by atoms with Gasteiger partial charge in [-0.1, -0.05) is 0 Å². The number of nitrogens with two attached hydrogens (primary N) is 1. The molecule has 0 aromatic rings. The molecule has 1 unspecified atom stereocenters. The molecule has 0 heterocycles. The SMILES string of the molecule is C#CCCCNCC(N)C(=O)O. The van der Waals surface area contributed by atoms with E-state index in [1.54, 1.807) is 0 Å². The molecular formula is C8H14N2O2. The Morgan fingerprint density at radius 3 is 2.92 bits per heavy atom. The quantitative estimate of drug-likeness (QED) is 0.367. The molecule has 0 aliphatic heterocycles. The van der Waals surface area contributed by atoms with Gasteiger partial charge in [-0.2, -0.15) is 0 Å². The fourth-order valence-electron chi connectivity index (χ4n) is 0.660. The zero-order valence-corrected chi connectivity index (χ0v) is 6.92. The fraction of sp³-hybridized carbons (Fsp3) is 0.625. The highest BCUT2D eigenvalue weighted by molar-refractivity contribution is 5.73. The van der Waals surface area contributed by atoms with E-state index in [1.165, 1.54) is 0 Å². The molecule has 0 fully saturated rings. The average Bonchev–Trinajstić information content (AvgIpc) is 2.03. The monoisotopic (exact) mass is 170 g/mol. The largest absolute Gasteiger partial charge is 0.480 e. The molecule has 0 aromatic heterocycles. The summed E-state index contributed by atoms with van der Waals surface area (Å²) in [5.41, 5.74) is 5.23. The first-order valence-corrected chi connectivity index (χ1v) is 3.81. The average molecular weight is 170 g/mol. The summed E-state index contributed by atoms with van der Waals surface area (Å²) in [6.07, 6.45) is 6.58. The van der Waals surface area contributed by atoms with Crippen LogP contribution in [0.15, 0.2) is 0 Å². The molecule has 0 amide bonds. The van der Waals surface area contributed by atoms with Crippen molar-refractivity contribution in [3.63, 3.8) is 0 Å². The first-order chi connectivity index (χ1) is 5.68. The van der Waals surface area contributed by atoms with Crippen molar-refractivity contribution in [3.8, 4) is 12.3 Å². The number of terminal acetylenes is 1. The number of hydrogen-bond acceptors (Lipinski definition) is 3. The van der Waals surface area contributed by atoms with Gasteiger partial charge in [-0.15, -0.1) is 12.3 Å². The van der Waals surface area contributed by atoms with E-state index < -0.39 is 12.0 Å². The van der Waals surface area contributed by atoms with Gasteiger partial charge in [-0.25, -0.2) is 0 Å². The predicted octanol–water partition coefficient (Wildman–Crippen LogP) is -0.599. The van der Waals surface area contributed by atoms with Crippen molar-refractivity contribution in [1.29, 1.82) is 0 Å². The topological polar surface area (TPSA) is 75.3 Å². The van der Waals surface area contributed by atoms with Gasteiger partial charge >= 0.3 is 5.97 Å². The highest BCUT2D eigenvalue weighted by Crippen LogP contribution is 1.83. The molecule has 1 atom stereocenters. The Labute approximate surface area is 72.1 Å². The number of carbonyl (C=O) groups is 1. The van der Waals surface area contributed by atoms with Crippen LogP contribution in [0.2, 0.25) is 0 Å². The molecule has 4 N–H and O–H groups in total. The molecule has 0 rings (SSSR count). The van der Waals surface area contributed by atoms with Crippen molar-refractivity contribution < 1.29 is 9.90 Å². The maximum absolute atomic E-state index is 10.2. The molecule has 0 saturated carbocycles. The van der Waals surface area contributed by atoms with E-state index in [9.17, 15) is 4.79 Å². The van der Waals surface area contributed by atoms with E-state index in [0.717, 1.165) is 6.42 Å². The minimum Gasteiger partial charge on any atom is -0.480 e. The standard InChI is InChI=1S/C8H14N2O2/c1-2-3-4-5-10-6-7(9)8(11)12/h1,7,10H,3-6,9H2,(H,11,12). The maximum atomic E-state index is 10.2. The smallest absolute Gasteiger partial charge is 0.321 e. The van der Waals surface area contributed by atoms with Crippen LogP contribution in [0.1, 0.15) is 12.8 Å². The zero-order valence-electron chi connectivity index (χ0n) is 6.92. The van der Waals surface area contributed by atoms with E-state index in [-0.39, 0.29) is 0 Å². The second kappa shape index (κ2) is 6.65. The molecule has 4 nitrogen and oxygen atoms in total. The van der Waals surface area contributed by atoms with Crippen LogP contribution in [0, 0.1) is 12.3 Å². The lowest BCUT2D eigenvalue weighted by molar-refractivity contribution is -0.138. The lowest BCUT2D eigenvalue weighted by Crippen LogP contribution is -2.40. The van der Waals surface area contributed by atoms with Gasteiger partial charge in [0.25, 0.3) is 0 Å². The lowest BCUT2D eigenvalue weighted by atomic mass is 10.3. The van der Waals surface area contributed by atoms with Crippen LogP contribution in [0.4, 0.5) is 0 Å². The van der Waals surface area contributed by atoms with Crippen molar-refractivity contribution in [3.05, 3.63) is 0 Å². The highest BCUT2D eigenvalue weighted by Gasteiger charge is 2.09. The Hall–Kier alpha value is -1.05. The summed E-state index contributed by atoms with van der Waals surface area (Å²) >= 11 is 0. The van der Waals surface area contributed by atoms with Crippen molar-refractivity contribution in [1.82, 2.24) is 5.32 Å². The van der Waals surface area contributed by atoms with Crippen LogP contribution in [-0.4, -0.2) is 30.2 Å². The van der Waals surface area contributed by atoms with Crippen LogP contribution in [0.3, 0.4) is 0 Å². The molecule has 12 heavy (non-hydrogen) atoms. The molecule has 0 aromatic carbocycles. The van der Waals surface area contributed by atoms with Crippen LogP contribution in [-0.2, 0) is 4.79 Å². The Bertz CT molecular complexity index is 174. The summed E-state index contributed by atoms with van der Waals surface area (Å²) < 4.78 is 0. The van der Waals surface area contributed by atoms with Gasteiger partial charge in [0.15, 0.2) is 0 Å². The summed E-state index contributed by atoms with van der Waals surface area (Å²) in [6, 6.07) is -0.823. The van der Waals surface area contributed by atoms with Crippen molar-refractivity contribution >= 4 is 5.97 Å². The predicted molar refractivity (Wildman–Crippen MR) is 46.5 cm³/mol. The Balaban J connectivity index is 3.21. The number of nitrogens with one attached hydrogen (secondary N) is 1. The molecule has 4 heteroatoms. The Morgan fingerprint density at radius 2 is 2.42 bits per heavy atom. The van der Waals surface area contributed by atoms with Crippen LogP contribution >= 0.6 is 0 Å². The third kappa shape index (κ3) is 5.71. The molecule has 0 spiro atoms. The Kier molecular flexibility index (Phi) is 6.07. The van der Waals surface area contributed by atoms with Gasteiger partial charge in [0, 0.05) is 13.0 Å². The van der Waals surface area contributed by atoms with Crippen LogP contribution in [0.5, 0.6) is 0 Å². The zero-order chi connectivity index (χ0) is 9.40. The Morgan fingerprint density at radius 1 is 1.75 bits per heavy atom. The number of unbranched alkanes of at least 4 members (excludes halogenated alkanes) is 1. The lowest BCUT2D eigenvalue weighted by Gasteiger charge is -2.06. The number of rotatable bonds is 6. The summed E-state index contributed by atoms with van der Waals surface area (Å²) in [4.78, 5) is 10.2. The minimum atomic E-state index is -0.987. The van der Waals surface area contributed by atoms with E-state index in [2.05, 4.69) is 11.2 Å². The highest BCUT2D eigenvalue weighted by atomic mass is 16.4. The van der Waals surface area contributed by atoms with Gasteiger partial charge in [0.1, 0.15) is 6.04 Å². The third-order valence-corrected chi connectivity index (χ3v) is 1.36.